The standard InChI is InChI=1S/2C8H9O5P.Cu/c2*9-8(10)7-3-1-6(2-4-7)5-14(11,12)13;/h2*1-4H,5H2,(H,9,10)(H2,11,12,13);/q;;+2/p-2. The minimum absolute atomic E-state index is 0. The molecule has 0 aliphatic heterocycles. The van der Waals surface area contributed by atoms with Gasteiger partial charge in [0.1, 0.15) is 12.3 Å². The molecule has 29 heavy (non-hydrogen) atoms. The average Bonchev–Trinajstić information content (AvgIpc) is 2.53. The van der Waals surface area contributed by atoms with Crippen LogP contribution in [0.1, 0.15) is 31.8 Å². The average molecular weight is 494 g/mol. The Morgan fingerprint density at radius 2 is 1.14 bits per heavy atom. The molecule has 0 fully saturated rings. The van der Waals surface area contributed by atoms with Gasteiger partial charge in [0.25, 0.3) is 0 Å². The molecule has 0 saturated carbocycles. The molecule has 0 spiro atoms. The van der Waals surface area contributed by atoms with E-state index in [0.29, 0.717) is 11.1 Å². The van der Waals surface area contributed by atoms with Gasteiger partial charge in [-0.25, -0.2) is 14.6 Å². The number of benzene rings is 2. The van der Waals surface area contributed by atoms with Crippen molar-refractivity contribution in [2.24, 2.45) is 0 Å². The van der Waals surface area contributed by atoms with Crippen molar-refractivity contribution in [2.45, 2.75) is 12.3 Å². The van der Waals surface area contributed by atoms with Gasteiger partial charge in [-0.3, -0.25) is 4.89 Å². The number of carbonyl (C=O) groups is 2. The van der Waals surface area contributed by atoms with Gasteiger partial charge in [0, 0.05) is 0 Å². The largest absolute Gasteiger partial charge is 2.00 e. The van der Waals surface area contributed by atoms with Gasteiger partial charge in [0.2, 0.25) is 7.94 Å². The number of hydrogen-bond donors (Lipinski definition) is 4. The molecule has 10 nitrogen and oxygen atoms in total. The summed E-state index contributed by atoms with van der Waals surface area (Å²) in [5.74, 6) is -2.39. The maximum atomic E-state index is 10.6. The van der Waals surface area contributed by atoms with E-state index in [1.165, 1.54) is 48.5 Å². The zero-order valence-electron chi connectivity index (χ0n) is 14.5. The topological polar surface area (TPSA) is 207 Å². The predicted molar refractivity (Wildman–Crippen MR) is 92.1 cm³/mol. The Bertz CT molecular complexity index is 729. The van der Waals surface area contributed by atoms with Gasteiger partial charge in [-0.1, -0.05) is 36.4 Å². The summed E-state index contributed by atoms with van der Waals surface area (Å²) in [5, 5.41) is 18.9. The van der Waals surface area contributed by atoms with Crippen LogP contribution in [0.3, 0.4) is 0 Å². The first-order valence-electron chi connectivity index (χ1n) is 7.47. The number of hydrogen-bond acceptors (Lipinski definition) is 9. The fourth-order valence-corrected chi connectivity index (χ4v) is 3.33. The van der Waals surface area contributed by atoms with Gasteiger partial charge < -0.3 is 29.7 Å². The second-order valence-electron chi connectivity index (χ2n) is 5.60. The van der Waals surface area contributed by atoms with Crippen LogP contribution in [0.15, 0.2) is 48.5 Å². The SMILES string of the molecule is O=C(O)c1ccc(C[P+]([O-])(O)O)cc1.O=C([O-])c1ccc(C[P+]([O-])([O-])O)cc1.[Cu+2]. The summed E-state index contributed by atoms with van der Waals surface area (Å²) in [6.07, 6.45) is -0.868. The van der Waals surface area contributed by atoms with Crippen LogP contribution in [-0.2, 0) is 29.4 Å². The Labute approximate surface area is 177 Å². The third kappa shape index (κ3) is 12.0. The van der Waals surface area contributed by atoms with Gasteiger partial charge >= 0.3 is 23.0 Å². The molecule has 0 amide bonds. The predicted octanol–water partition coefficient (Wildman–Crippen LogP) is -1.98. The van der Waals surface area contributed by atoms with E-state index in [1.807, 2.05) is 0 Å². The van der Waals surface area contributed by atoms with Gasteiger partial charge in [-0.15, -0.1) is 0 Å². The van der Waals surface area contributed by atoms with Crippen LogP contribution in [0.5, 0.6) is 0 Å². The molecule has 0 saturated heterocycles. The fourth-order valence-electron chi connectivity index (χ4n) is 1.97. The van der Waals surface area contributed by atoms with Gasteiger partial charge in [-0.2, -0.15) is 0 Å². The van der Waals surface area contributed by atoms with Crippen molar-refractivity contribution < 1.29 is 66.2 Å². The molecule has 0 aliphatic rings. The van der Waals surface area contributed by atoms with Gasteiger partial charge in [-0.05, 0) is 28.8 Å². The first-order valence-corrected chi connectivity index (χ1v) is 11.0. The maximum absolute atomic E-state index is 10.6. The van der Waals surface area contributed by atoms with Crippen LogP contribution in [0, 0.1) is 0 Å². The Kier molecular flexibility index (Phi) is 11.0. The Morgan fingerprint density at radius 1 is 0.759 bits per heavy atom. The zero-order valence-corrected chi connectivity index (χ0v) is 17.2. The first kappa shape index (κ1) is 27.5. The molecule has 161 valence electrons. The van der Waals surface area contributed by atoms with Crippen molar-refractivity contribution in [3.8, 4) is 0 Å². The number of carboxylic acid groups (broad SMARTS) is 2. The number of carboxylic acids is 2. The van der Waals surface area contributed by atoms with Crippen molar-refractivity contribution >= 4 is 27.8 Å². The van der Waals surface area contributed by atoms with Crippen molar-refractivity contribution in [3.63, 3.8) is 0 Å². The van der Waals surface area contributed by atoms with Crippen LogP contribution < -0.4 is 19.8 Å². The van der Waals surface area contributed by atoms with Crippen LogP contribution >= 0.6 is 15.9 Å². The molecule has 1 radical (unpaired) electrons. The number of carbonyl (C=O) groups excluding carboxylic acids is 1. The summed E-state index contributed by atoms with van der Waals surface area (Å²) in [7, 11) is -8.41. The smallest absolute Gasteiger partial charge is 0.659 e. The van der Waals surface area contributed by atoms with E-state index in [9.17, 15) is 29.4 Å². The molecule has 2 rings (SSSR count). The molecule has 0 bridgehead atoms. The maximum Gasteiger partial charge on any atom is 2.00 e. The molecule has 0 heterocycles. The quantitative estimate of drug-likeness (QED) is 0.257. The van der Waals surface area contributed by atoms with E-state index in [0.717, 1.165) is 0 Å². The summed E-state index contributed by atoms with van der Waals surface area (Å²) >= 11 is 0. The number of rotatable bonds is 6. The Morgan fingerprint density at radius 3 is 1.45 bits per heavy atom. The molecular weight excluding hydrogens is 478 g/mol. The van der Waals surface area contributed by atoms with Crippen LogP contribution in [0.4, 0.5) is 0 Å². The Balaban J connectivity index is 0.000000523. The summed E-state index contributed by atoms with van der Waals surface area (Å²) in [6, 6.07) is 10.5. The van der Waals surface area contributed by atoms with Crippen molar-refractivity contribution in [1.82, 2.24) is 0 Å². The molecule has 0 unspecified atom stereocenters. The van der Waals surface area contributed by atoms with E-state index >= 15 is 0 Å². The number of aromatic carboxylic acids is 2. The molecule has 2 aromatic rings. The van der Waals surface area contributed by atoms with E-state index in [-0.39, 0.29) is 34.4 Å². The zero-order chi connectivity index (χ0) is 21.5. The third-order valence-electron chi connectivity index (χ3n) is 3.16. The summed E-state index contributed by atoms with van der Waals surface area (Å²) in [4.78, 5) is 78.1. The van der Waals surface area contributed by atoms with Crippen molar-refractivity contribution in [2.75, 3.05) is 0 Å². The van der Waals surface area contributed by atoms with E-state index in [4.69, 9.17) is 19.8 Å². The summed E-state index contributed by atoms with van der Waals surface area (Å²) in [5.41, 5.74) is 0.811. The van der Waals surface area contributed by atoms with E-state index < -0.39 is 34.0 Å². The van der Waals surface area contributed by atoms with Gasteiger partial charge in [0.05, 0.1) is 19.5 Å². The molecule has 13 heteroatoms. The molecular formula is C16H16CuO10P2. The third-order valence-corrected chi connectivity index (χ3v) is 4.70. The van der Waals surface area contributed by atoms with Crippen molar-refractivity contribution in [1.29, 1.82) is 0 Å². The van der Waals surface area contributed by atoms with Crippen LogP contribution in [0.25, 0.3) is 0 Å². The van der Waals surface area contributed by atoms with Crippen LogP contribution in [0.2, 0.25) is 0 Å². The minimum Gasteiger partial charge on any atom is -0.659 e. The van der Waals surface area contributed by atoms with Gasteiger partial charge in [0.15, 0.2) is 0 Å². The van der Waals surface area contributed by atoms with Crippen molar-refractivity contribution in [3.05, 3.63) is 70.8 Å². The molecule has 0 atom stereocenters. The first-order chi connectivity index (χ1) is 12.8. The second kappa shape index (κ2) is 11.6. The molecule has 0 aliphatic carbocycles. The molecule has 4 N–H and O–H groups in total. The summed E-state index contributed by atoms with van der Waals surface area (Å²) < 4.78 is 0. The molecule has 0 aromatic heterocycles. The van der Waals surface area contributed by atoms with Crippen LogP contribution in [-0.4, -0.2) is 31.7 Å². The molecule has 2 aromatic carbocycles. The van der Waals surface area contributed by atoms with E-state index in [2.05, 4.69) is 0 Å². The normalized spacial score (nSPS) is 11.0. The fraction of sp³-hybridized carbons (Fsp3) is 0.125. The summed E-state index contributed by atoms with van der Waals surface area (Å²) in [6.45, 7) is 0. The Hall–Kier alpha value is -1.48. The van der Waals surface area contributed by atoms with E-state index in [1.54, 1.807) is 0 Å². The monoisotopic (exact) mass is 493 g/mol. The second-order valence-corrected chi connectivity index (χ2v) is 8.84. The minimum atomic E-state index is -4.34.